The predicted octanol–water partition coefficient (Wildman–Crippen LogP) is 5.72. The van der Waals surface area contributed by atoms with Crippen molar-refractivity contribution in [1.82, 2.24) is 14.9 Å². The summed E-state index contributed by atoms with van der Waals surface area (Å²) in [5.74, 6) is -0.556. The van der Waals surface area contributed by atoms with Crippen molar-refractivity contribution >= 4 is 40.9 Å². The first-order chi connectivity index (χ1) is 16.5. The van der Waals surface area contributed by atoms with Gasteiger partial charge >= 0.3 is 0 Å². The summed E-state index contributed by atoms with van der Waals surface area (Å²) in [5, 5.41) is 7.13. The molecule has 1 atom stereocenters. The number of benzene rings is 3. The molecule has 0 aliphatic heterocycles. The summed E-state index contributed by atoms with van der Waals surface area (Å²) in [7, 11) is 1.92. The maximum absolute atomic E-state index is 13.1. The number of anilines is 1. The van der Waals surface area contributed by atoms with Gasteiger partial charge in [0.2, 0.25) is 5.91 Å². The van der Waals surface area contributed by atoms with Crippen LogP contribution in [0.2, 0.25) is 5.02 Å². The van der Waals surface area contributed by atoms with Gasteiger partial charge in [-0.15, -0.1) is 0 Å². The van der Waals surface area contributed by atoms with E-state index in [-0.39, 0.29) is 18.2 Å². The second-order valence-electron chi connectivity index (χ2n) is 7.59. The number of halogens is 1. The first kappa shape index (κ1) is 23.6. The van der Waals surface area contributed by atoms with Crippen molar-refractivity contribution < 1.29 is 9.59 Å². The minimum absolute atomic E-state index is 0.0572. The predicted molar refractivity (Wildman–Crippen MR) is 135 cm³/mol. The highest BCUT2D eigenvalue weighted by molar-refractivity contribution is 7.99. The lowest BCUT2D eigenvalue weighted by molar-refractivity contribution is -0.116. The largest absolute Gasteiger partial charge is 0.345 e. The van der Waals surface area contributed by atoms with Gasteiger partial charge < -0.3 is 15.2 Å². The number of rotatable bonds is 8. The van der Waals surface area contributed by atoms with Crippen LogP contribution in [0.4, 0.5) is 5.69 Å². The Balaban J connectivity index is 1.51. The Bertz CT molecular complexity index is 1290. The molecule has 0 aliphatic carbocycles. The summed E-state index contributed by atoms with van der Waals surface area (Å²) in [6.07, 6.45) is 3.66. The zero-order valence-corrected chi connectivity index (χ0v) is 20.0. The molecule has 8 heteroatoms. The molecule has 0 saturated carbocycles. The SMILES string of the molecule is Cn1ccnc1Sc1ccccc1NC(=O)CC(NC(=O)c1ccccc1Cl)c1ccccc1. The van der Waals surface area contributed by atoms with Gasteiger partial charge in [-0.3, -0.25) is 9.59 Å². The molecule has 2 N–H and O–H groups in total. The van der Waals surface area contributed by atoms with E-state index in [4.69, 9.17) is 11.6 Å². The highest BCUT2D eigenvalue weighted by atomic mass is 35.5. The van der Waals surface area contributed by atoms with E-state index in [9.17, 15) is 9.59 Å². The molecule has 6 nitrogen and oxygen atoms in total. The molecule has 4 rings (SSSR count). The number of imidazole rings is 1. The maximum Gasteiger partial charge on any atom is 0.253 e. The van der Waals surface area contributed by atoms with Crippen LogP contribution in [0.3, 0.4) is 0 Å². The van der Waals surface area contributed by atoms with Crippen molar-refractivity contribution in [3.8, 4) is 0 Å². The van der Waals surface area contributed by atoms with Gasteiger partial charge in [-0.2, -0.15) is 0 Å². The number of hydrogen-bond donors (Lipinski definition) is 2. The third kappa shape index (κ3) is 5.87. The van der Waals surface area contributed by atoms with Gasteiger partial charge in [-0.05, 0) is 41.6 Å². The van der Waals surface area contributed by atoms with Crippen molar-refractivity contribution in [3.63, 3.8) is 0 Å². The summed E-state index contributed by atoms with van der Waals surface area (Å²) in [5.41, 5.74) is 1.88. The van der Waals surface area contributed by atoms with Gasteiger partial charge in [0, 0.05) is 24.3 Å². The second kappa shape index (κ2) is 11.0. The Morgan fingerprint density at radius 1 is 1.00 bits per heavy atom. The van der Waals surface area contributed by atoms with Crippen LogP contribution in [0.5, 0.6) is 0 Å². The molecule has 0 aliphatic rings. The molecule has 1 aromatic heterocycles. The minimum atomic E-state index is -0.528. The van der Waals surface area contributed by atoms with Crippen LogP contribution in [0.15, 0.2) is 101 Å². The monoisotopic (exact) mass is 490 g/mol. The van der Waals surface area contributed by atoms with Gasteiger partial charge in [0.1, 0.15) is 0 Å². The number of nitrogens with one attached hydrogen (secondary N) is 2. The third-order valence-electron chi connectivity index (χ3n) is 5.15. The van der Waals surface area contributed by atoms with Crippen LogP contribution < -0.4 is 10.6 Å². The number of para-hydroxylation sites is 1. The molecule has 0 bridgehead atoms. The van der Waals surface area contributed by atoms with Crippen molar-refractivity contribution in [3.05, 3.63) is 107 Å². The van der Waals surface area contributed by atoms with E-state index >= 15 is 0 Å². The fraction of sp³-hybridized carbons (Fsp3) is 0.115. The Morgan fingerprint density at radius 2 is 1.71 bits per heavy atom. The molecule has 2 amide bonds. The van der Waals surface area contributed by atoms with Crippen LogP contribution in [-0.2, 0) is 11.8 Å². The summed E-state index contributed by atoms with van der Waals surface area (Å²) in [6, 6.07) is 23.3. The van der Waals surface area contributed by atoms with Crippen molar-refractivity contribution in [1.29, 1.82) is 0 Å². The van der Waals surface area contributed by atoms with E-state index in [1.54, 1.807) is 30.5 Å². The molecule has 34 heavy (non-hydrogen) atoms. The topological polar surface area (TPSA) is 76.0 Å². The summed E-state index contributed by atoms with van der Waals surface area (Å²) in [4.78, 5) is 31.2. The zero-order valence-electron chi connectivity index (χ0n) is 18.4. The highest BCUT2D eigenvalue weighted by Crippen LogP contribution is 2.32. The molecule has 0 radical (unpaired) electrons. The first-order valence-corrected chi connectivity index (χ1v) is 11.8. The maximum atomic E-state index is 13.1. The number of carbonyl (C=O) groups is 2. The van der Waals surface area contributed by atoms with Gasteiger partial charge in [-0.1, -0.05) is 66.2 Å². The van der Waals surface area contributed by atoms with Crippen LogP contribution in [0.25, 0.3) is 0 Å². The third-order valence-corrected chi connectivity index (χ3v) is 6.64. The van der Waals surface area contributed by atoms with Crippen molar-refractivity contribution in [2.45, 2.75) is 22.5 Å². The second-order valence-corrected chi connectivity index (χ2v) is 9.00. The molecule has 1 heterocycles. The highest BCUT2D eigenvalue weighted by Gasteiger charge is 2.21. The van der Waals surface area contributed by atoms with E-state index in [1.807, 2.05) is 72.4 Å². The minimum Gasteiger partial charge on any atom is -0.345 e. The van der Waals surface area contributed by atoms with E-state index in [0.29, 0.717) is 16.3 Å². The average molecular weight is 491 g/mol. The van der Waals surface area contributed by atoms with Crippen molar-refractivity contribution in [2.75, 3.05) is 5.32 Å². The molecule has 172 valence electrons. The quantitative estimate of drug-likeness (QED) is 0.331. The molecule has 0 spiro atoms. The average Bonchev–Trinajstić information content (AvgIpc) is 3.25. The van der Waals surface area contributed by atoms with Gasteiger partial charge in [0.05, 0.1) is 28.7 Å². The summed E-state index contributed by atoms with van der Waals surface area (Å²) < 4.78 is 1.92. The van der Waals surface area contributed by atoms with Crippen LogP contribution in [-0.4, -0.2) is 21.4 Å². The van der Waals surface area contributed by atoms with Gasteiger partial charge in [0.15, 0.2) is 5.16 Å². The Kier molecular flexibility index (Phi) is 7.67. The molecule has 1 unspecified atom stereocenters. The number of nitrogens with zero attached hydrogens (tertiary/aromatic N) is 2. The fourth-order valence-corrected chi connectivity index (χ4v) is 4.53. The van der Waals surface area contributed by atoms with Crippen LogP contribution >= 0.6 is 23.4 Å². The van der Waals surface area contributed by atoms with Crippen LogP contribution in [0, 0.1) is 0 Å². The van der Waals surface area contributed by atoms with Gasteiger partial charge in [0.25, 0.3) is 5.91 Å². The van der Waals surface area contributed by atoms with Crippen molar-refractivity contribution in [2.24, 2.45) is 7.05 Å². The summed E-state index contributed by atoms with van der Waals surface area (Å²) >= 11 is 7.67. The molecular formula is C26H23ClN4O2S. The number of aryl methyl sites for hydroxylation is 1. The summed E-state index contributed by atoms with van der Waals surface area (Å²) in [6.45, 7) is 0. The normalized spacial score (nSPS) is 11.6. The number of hydrogen-bond acceptors (Lipinski definition) is 4. The first-order valence-electron chi connectivity index (χ1n) is 10.7. The number of amides is 2. The molecule has 0 saturated heterocycles. The fourth-order valence-electron chi connectivity index (χ4n) is 3.41. The Hall–Kier alpha value is -3.55. The zero-order chi connectivity index (χ0) is 23.9. The molecule has 4 aromatic rings. The Morgan fingerprint density at radius 3 is 2.44 bits per heavy atom. The number of aromatic nitrogens is 2. The lowest BCUT2D eigenvalue weighted by atomic mass is 10.0. The van der Waals surface area contributed by atoms with E-state index < -0.39 is 6.04 Å². The molecule has 3 aromatic carbocycles. The molecule has 0 fully saturated rings. The van der Waals surface area contributed by atoms with E-state index in [2.05, 4.69) is 15.6 Å². The lowest BCUT2D eigenvalue weighted by Gasteiger charge is -2.20. The standard InChI is InChI=1S/C26H23ClN4O2S/c1-31-16-15-28-26(31)34-23-14-8-7-13-21(23)29-24(32)17-22(18-9-3-2-4-10-18)30-25(33)19-11-5-6-12-20(19)27/h2-16,22H,17H2,1H3,(H,29,32)(H,30,33). The van der Waals surface area contributed by atoms with Crippen LogP contribution in [0.1, 0.15) is 28.4 Å². The number of carbonyl (C=O) groups excluding carboxylic acids is 2. The molecular weight excluding hydrogens is 468 g/mol. The Labute approximate surface area is 207 Å². The smallest absolute Gasteiger partial charge is 0.253 e. The van der Waals surface area contributed by atoms with E-state index in [0.717, 1.165) is 15.6 Å². The van der Waals surface area contributed by atoms with Gasteiger partial charge in [-0.25, -0.2) is 4.98 Å². The van der Waals surface area contributed by atoms with E-state index in [1.165, 1.54) is 11.8 Å². The lowest BCUT2D eigenvalue weighted by Crippen LogP contribution is -2.31.